The van der Waals surface area contributed by atoms with Gasteiger partial charge in [-0.2, -0.15) is 0 Å². The van der Waals surface area contributed by atoms with Gasteiger partial charge in [-0.3, -0.25) is 0 Å². The molecule has 0 bridgehead atoms. The minimum atomic E-state index is -3.80. The number of rotatable bonds is 5. The smallest absolute Gasteiger partial charge is 0.242 e. The summed E-state index contributed by atoms with van der Waals surface area (Å²) < 4.78 is 39.2. The fraction of sp³-hybridized carbons (Fsp3) is 0.273. The summed E-state index contributed by atoms with van der Waals surface area (Å²) >= 11 is 0. The molecule has 1 unspecified atom stereocenters. The van der Waals surface area contributed by atoms with Crippen molar-refractivity contribution < 1.29 is 12.8 Å². The van der Waals surface area contributed by atoms with E-state index in [2.05, 4.69) is 11.3 Å². The number of nitrogens with one attached hydrogen (secondary N) is 1. The van der Waals surface area contributed by atoms with Crippen molar-refractivity contribution >= 4 is 15.7 Å². The molecule has 1 aromatic rings. The van der Waals surface area contributed by atoms with E-state index in [1.807, 2.05) is 0 Å². The Balaban J connectivity index is 3.04. The van der Waals surface area contributed by atoms with Crippen LogP contribution in [0.1, 0.15) is 13.3 Å². The molecule has 0 aliphatic heterocycles. The number of halogens is 1. The number of benzene rings is 1. The molecule has 6 heteroatoms. The first kappa shape index (κ1) is 13.7. The molecule has 0 saturated carbocycles. The summed E-state index contributed by atoms with van der Waals surface area (Å²) in [5, 5.41) is 0. The van der Waals surface area contributed by atoms with Crippen LogP contribution in [-0.4, -0.2) is 14.5 Å². The first-order chi connectivity index (χ1) is 7.86. The Labute approximate surface area is 100 Å². The third-order valence-corrected chi connectivity index (χ3v) is 3.79. The second kappa shape index (κ2) is 5.29. The molecule has 3 N–H and O–H groups in total. The molecule has 0 amide bonds. The van der Waals surface area contributed by atoms with Gasteiger partial charge < -0.3 is 5.73 Å². The molecule has 0 saturated heterocycles. The van der Waals surface area contributed by atoms with Crippen LogP contribution in [0.4, 0.5) is 10.1 Å². The Hall–Kier alpha value is -1.40. The number of hydrogen-bond donors (Lipinski definition) is 2. The van der Waals surface area contributed by atoms with Crippen molar-refractivity contribution in [1.29, 1.82) is 0 Å². The van der Waals surface area contributed by atoms with Gasteiger partial charge in [-0.15, -0.1) is 6.58 Å². The minimum absolute atomic E-state index is 0.0182. The first-order valence-corrected chi connectivity index (χ1v) is 6.53. The van der Waals surface area contributed by atoms with Crippen molar-refractivity contribution in [2.45, 2.75) is 24.3 Å². The molecule has 0 aromatic heterocycles. The van der Waals surface area contributed by atoms with E-state index in [-0.39, 0.29) is 16.6 Å². The largest absolute Gasteiger partial charge is 0.398 e. The number of sulfonamides is 1. The van der Waals surface area contributed by atoms with Gasteiger partial charge in [0.05, 0.1) is 5.69 Å². The quantitative estimate of drug-likeness (QED) is 0.623. The zero-order valence-electron chi connectivity index (χ0n) is 9.48. The van der Waals surface area contributed by atoms with Crippen LogP contribution >= 0.6 is 0 Å². The number of nitrogens with two attached hydrogens (primary N) is 1. The van der Waals surface area contributed by atoms with E-state index in [0.29, 0.717) is 6.42 Å². The monoisotopic (exact) mass is 258 g/mol. The van der Waals surface area contributed by atoms with E-state index in [9.17, 15) is 12.8 Å². The van der Waals surface area contributed by atoms with E-state index in [1.54, 1.807) is 13.0 Å². The molecule has 0 radical (unpaired) electrons. The summed E-state index contributed by atoms with van der Waals surface area (Å²) in [7, 11) is -3.80. The number of nitrogen functional groups attached to an aromatic ring is 1. The molecular formula is C11H15FN2O2S. The van der Waals surface area contributed by atoms with Gasteiger partial charge in [0.15, 0.2) is 0 Å². The molecule has 0 fully saturated rings. The Morgan fingerprint density at radius 2 is 2.24 bits per heavy atom. The highest BCUT2D eigenvalue weighted by Gasteiger charge is 2.20. The van der Waals surface area contributed by atoms with Gasteiger partial charge in [-0.1, -0.05) is 6.08 Å². The lowest BCUT2D eigenvalue weighted by Crippen LogP contribution is -2.32. The van der Waals surface area contributed by atoms with Gasteiger partial charge in [-0.25, -0.2) is 17.5 Å². The lowest BCUT2D eigenvalue weighted by Gasteiger charge is -2.13. The summed E-state index contributed by atoms with van der Waals surface area (Å²) in [6.07, 6.45) is 2.08. The second-order valence-corrected chi connectivity index (χ2v) is 5.41. The van der Waals surface area contributed by atoms with Crippen LogP contribution in [0.3, 0.4) is 0 Å². The van der Waals surface area contributed by atoms with E-state index >= 15 is 0 Å². The van der Waals surface area contributed by atoms with Crippen LogP contribution in [0.5, 0.6) is 0 Å². The van der Waals surface area contributed by atoms with Crippen LogP contribution in [0.25, 0.3) is 0 Å². The predicted molar refractivity (Wildman–Crippen MR) is 65.4 cm³/mol. The normalized spacial score (nSPS) is 13.3. The summed E-state index contributed by atoms with van der Waals surface area (Å²) in [6.45, 7) is 5.20. The number of anilines is 1. The summed E-state index contributed by atoms with van der Waals surface area (Å²) in [4.78, 5) is -0.242. The van der Waals surface area contributed by atoms with Crippen LogP contribution in [0.2, 0.25) is 0 Å². The fourth-order valence-electron chi connectivity index (χ4n) is 1.37. The molecule has 0 aliphatic rings. The Kier molecular flexibility index (Phi) is 4.25. The molecule has 1 rings (SSSR count). The molecule has 0 aliphatic carbocycles. The minimum Gasteiger partial charge on any atom is -0.398 e. The van der Waals surface area contributed by atoms with Crippen molar-refractivity contribution in [3.8, 4) is 0 Å². The summed E-state index contributed by atoms with van der Waals surface area (Å²) in [5.74, 6) is -0.643. The second-order valence-electron chi connectivity index (χ2n) is 3.73. The van der Waals surface area contributed by atoms with Gasteiger partial charge >= 0.3 is 0 Å². The van der Waals surface area contributed by atoms with E-state index < -0.39 is 15.8 Å². The lowest BCUT2D eigenvalue weighted by molar-refractivity contribution is 0.560. The topological polar surface area (TPSA) is 72.2 Å². The van der Waals surface area contributed by atoms with Gasteiger partial charge in [-0.05, 0) is 31.5 Å². The van der Waals surface area contributed by atoms with Gasteiger partial charge in [0.1, 0.15) is 10.7 Å². The maximum Gasteiger partial charge on any atom is 0.242 e. The van der Waals surface area contributed by atoms with E-state index in [4.69, 9.17) is 5.73 Å². The third-order valence-electron chi connectivity index (χ3n) is 2.14. The highest BCUT2D eigenvalue weighted by molar-refractivity contribution is 7.89. The fourth-order valence-corrected chi connectivity index (χ4v) is 2.77. The van der Waals surface area contributed by atoms with Crippen LogP contribution in [0, 0.1) is 5.82 Å². The van der Waals surface area contributed by atoms with Crippen molar-refractivity contribution in [3.63, 3.8) is 0 Å². The predicted octanol–water partition coefficient (Wildman–Crippen LogP) is 1.65. The molecular weight excluding hydrogens is 243 g/mol. The maximum absolute atomic E-state index is 13.0. The van der Waals surface area contributed by atoms with E-state index in [1.165, 1.54) is 6.07 Å². The summed E-state index contributed by atoms with van der Waals surface area (Å²) in [6, 6.07) is 2.92. The highest BCUT2D eigenvalue weighted by Crippen LogP contribution is 2.19. The molecule has 94 valence electrons. The van der Waals surface area contributed by atoms with Crippen LogP contribution in [0.15, 0.2) is 35.7 Å². The summed E-state index contributed by atoms with van der Waals surface area (Å²) in [5.41, 5.74) is 5.54. The average molecular weight is 258 g/mol. The molecule has 0 heterocycles. The molecule has 1 aromatic carbocycles. The first-order valence-electron chi connectivity index (χ1n) is 5.05. The Bertz CT molecular complexity index is 514. The van der Waals surface area contributed by atoms with Crippen molar-refractivity contribution in [2.75, 3.05) is 5.73 Å². The Morgan fingerprint density at radius 3 is 2.82 bits per heavy atom. The van der Waals surface area contributed by atoms with E-state index in [0.717, 1.165) is 12.1 Å². The SMILES string of the molecule is C=CCC(C)NS(=O)(=O)c1cc(F)ccc1N. The van der Waals surface area contributed by atoms with Gasteiger partial charge in [0.2, 0.25) is 10.0 Å². The molecule has 0 spiro atoms. The zero-order valence-corrected chi connectivity index (χ0v) is 10.3. The Morgan fingerprint density at radius 1 is 1.59 bits per heavy atom. The maximum atomic E-state index is 13.0. The highest BCUT2D eigenvalue weighted by atomic mass is 32.2. The van der Waals surface area contributed by atoms with Crippen LogP contribution in [-0.2, 0) is 10.0 Å². The molecule has 4 nitrogen and oxygen atoms in total. The van der Waals surface area contributed by atoms with Gasteiger partial charge in [0.25, 0.3) is 0 Å². The van der Waals surface area contributed by atoms with Crippen LogP contribution < -0.4 is 10.5 Å². The molecule has 1 atom stereocenters. The van der Waals surface area contributed by atoms with Crippen molar-refractivity contribution in [3.05, 3.63) is 36.7 Å². The average Bonchev–Trinajstić information content (AvgIpc) is 2.21. The van der Waals surface area contributed by atoms with Gasteiger partial charge in [0, 0.05) is 6.04 Å². The zero-order chi connectivity index (χ0) is 13.1. The lowest BCUT2D eigenvalue weighted by atomic mass is 10.3. The van der Waals surface area contributed by atoms with Crippen molar-refractivity contribution in [2.24, 2.45) is 0 Å². The molecule has 17 heavy (non-hydrogen) atoms. The number of hydrogen-bond acceptors (Lipinski definition) is 3. The standard InChI is InChI=1S/C11H15FN2O2S/c1-3-4-8(2)14-17(15,16)11-7-9(12)5-6-10(11)13/h3,5-8,14H,1,4,13H2,2H3. The third kappa shape index (κ3) is 3.54. The van der Waals surface area contributed by atoms with Crippen molar-refractivity contribution in [1.82, 2.24) is 4.72 Å².